The van der Waals surface area contributed by atoms with Gasteiger partial charge in [0.05, 0.1) is 13.2 Å². The second-order valence-electron chi connectivity index (χ2n) is 5.89. The highest BCUT2D eigenvalue weighted by molar-refractivity contribution is 7.09. The number of ether oxygens (including phenoxy) is 1. The summed E-state index contributed by atoms with van der Waals surface area (Å²) >= 11 is 1.67. The van der Waals surface area contributed by atoms with Crippen LogP contribution in [0.4, 0.5) is 0 Å². The molecule has 1 amide bonds. The summed E-state index contributed by atoms with van der Waals surface area (Å²) in [5.74, 6) is 0.0437. The number of rotatable bonds is 3. The van der Waals surface area contributed by atoms with Crippen LogP contribution in [0, 0.1) is 5.41 Å². The molecule has 1 atom stereocenters. The Morgan fingerprint density at radius 3 is 2.95 bits per heavy atom. The maximum Gasteiger partial charge on any atom is 0.249 e. The summed E-state index contributed by atoms with van der Waals surface area (Å²) in [5.41, 5.74) is 0.329. The maximum atomic E-state index is 12.1. The lowest BCUT2D eigenvalue weighted by molar-refractivity contribution is -0.143. The molecule has 20 heavy (non-hydrogen) atoms. The smallest absolute Gasteiger partial charge is 0.249 e. The normalized spacial score (nSPS) is 25.5. The first-order valence-electron chi connectivity index (χ1n) is 7.40. The van der Waals surface area contributed by atoms with Crippen molar-refractivity contribution in [3.8, 4) is 0 Å². The zero-order valence-electron chi connectivity index (χ0n) is 11.7. The molecule has 2 aliphatic rings. The molecule has 110 valence electrons. The molecule has 1 aromatic rings. The van der Waals surface area contributed by atoms with Crippen LogP contribution in [0.15, 0.2) is 17.5 Å². The fourth-order valence-corrected chi connectivity index (χ4v) is 3.77. The van der Waals surface area contributed by atoms with Gasteiger partial charge in [0.25, 0.3) is 0 Å². The van der Waals surface area contributed by atoms with Gasteiger partial charge in [-0.25, -0.2) is 0 Å². The minimum atomic E-state index is -0.254. The van der Waals surface area contributed by atoms with Gasteiger partial charge in [-0.3, -0.25) is 4.79 Å². The molecule has 0 aliphatic carbocycles. The molecule has 2 saturated heterocycles. The van der Waals surface area contributed by atoms with Crippen LogP contribution in [0.1, 0.15) is 30.6 Å². The van der Waals surface area contributed by atoms with Gasteiger partial charge < -0.3 is 15.4 Å². The number of amides is 1. The monoisotopic (exact) mass is 294 g/mol. The molecule has 0 saturated carbocycles. The number of carbonyl (C=O) groups is 1. The number of hydrogen-bond acceptors (Lipinski definition) is 4. The number of hydrogen-bond donors (Lipinski definition) is 2. The van der Waals surface area contributed by atoms with E-state index in [1.165, 1.54) is 17.7 Å². The second kappa shape index (κ2) is 6.24. The fraction of sp³-hybridized carbons (Fsp3) is 0.667. The van der Waals surface area contributed by atoms with Gasteiger partial charge in [-0.15, -0.1) is 11.3 Å². The molecule has 2 aliphatic heterocycles. The number of nitrogens with one attached hydrogen (secondary N) is 2. The number of carbonyl (C=O) groups excluding carboxylic acids is 1. The fourth-order valence-electron chi connectivity index (χ4n) is 3.13. The first-order valence-corrected chi connectivity index (χ1v) is 8.28. The summed E-state index contributed by atoms with van der Waals surface area (Å²) in [6.07, 6.45) is 4.07. The Morgan fingerprint density at radius 1 is 1.45 bits per heavy atom. The highest BCUT2D eigenvalue weighted by Crippen LogP contribution is 2.38. The lowest BCUT2D eigenvalue weighted by atomic mass is 9.74. The van der Waals surface area contributed by atoms with Gasteiger partial charge >= 0.3 is 0 Å². The second-order valence-corrected chi connectivity index (χ2v) is 6.92. The van der Waals surface area contributed by atoms with Gasteiger partial charge in [-0.2, -0.15) is 0 Å². The zero-order chi connectivity index (χ0) is 13.8. The molecule has 0 radical (unpaired) electrons. The van der Waals surface area contributed by atoms with Crippen molar-refractivity contribution < 1.29 is 9.53 Å². The highest BCUT2D eigenvalue weighted by atomic mass is 32.1. The van der Waals surface area contributed by atoms with E-state index in [1.54, 1.807) is 11.3 Å². The van der Waals surface area contributed by atoms with Gasteiger partial charge in [0.1, 0.15) is 6.10 Å². The lowest BCUT2D eigenvalue weighted by Gasteiger charge is -2.42. The summed E-state index contributed by atoms with van der Waals surface area (Å²) in [7, 11) is 0. The highest BCUT2D eigenvalue weighted by Gasteiger charge is 2.38. The minimum absolute atomic E-state index is 0.0437. The largest absolute Gasteiger partial charge is 0.368 e. The van der Waals surface area contributed by atoms with Crippen LogP contribution >= 0.6 is 11.3 Å². The van der Waals surface area contributed by atoms with E-state index in [0.29, 0.717) is 12.0 Å². The van der Waals surface area contributed by atoms with Crippen LogP contribution in [0.3, 0.4) is 0 Å². The van der Waals surface area contributed by atoms with Crippen LogP contribution in [0.5, 0.6) is 0 Å². The van der Waals surface area contributed by atoms with Crippen LogP contribution in [0.2, 0.25) is 0 Å². The maximum absolute atomic E-state index is 12.1. The van der Waals surface area contributed by atoms with Crippen molar-refractivity contribution >= 4 is 17.2 Å². The third-order valence-electron chi connectivity index (χ3n) is 4.50. The molecule has 3 rings (SSSR count). The van der Waals surface area contributed by atoms with E-state index in [-0.39, 0.29) is 12.0 Å². The van der Waals surface area contributed by atoms with E-state index in [9.17, 15) is 4.79 Å². The molecular weight excluding hydrogens is 272 g/mol. The van der Waals surface area contributed by atoms with Gasteiger partial charge in [0, 0.05) is 4.88 Å². The molecule has 3 heterocycles. The van der Waals surface area contributed by atoms with Crippen LogP contribution < -0.4 is 10.6 Å². The molecule has 0 aromatic carbocycles. The van der Waals surface area contributed by atoms with Crippen molar-refractivity contribution in [2.45, 2.75) is 38.3 Å². The molecule has 2 fully saturated rings. The first kappa shape index (κ1) is 14.0. The first-order chi connectivity index (χ1) is 9.77. The van der Waals surface area contributed by atoms with Gasteiger partial charge in [0.15, 0.2) is 0 Å². The van der Waals surface area contributed by atoms with Crippen molar-refractivity contribution in [3.63, 3.8) is 0 Å². The third-order valence-corrected chi connectivity index (χ3v) is 5.38. The van der Waals surface area contributed by atoms with Crippen molar-refractivity contribution in [3.05, 3.63) is 22.4 Å². The summed E-state index contributed by atoms with van der Waals surface area (Å²) in [4.78, 5) is 13.3. The Morgan fingerprint density at radius 2 is 2.30 bits per heavy atom. The molecular formula is C15H22N2O2S. The zero-order valence-corrected chi connectivity index (χ0v) is 12.5. The predicted octanol–water partition coefficient (Wildman–Crippen LogP) is 1.91. The van der Waals surface area contributed by atoms with E-state index in [4.69, 9.17) is 4.74 Å². The molecule has 2 N–H and O–H groups in total. The lowest BCUT2D eigenvalue weighted by Crippen LogP contribution is -2.47. The molecule has 1 spiro atoms. The van der Waals surface area contributed by atoms with Gasteiger partial charge in [0.2, 0.25) is 5.91 Å². The molecule has 4 nitrogen and oxygen atoms in total. The van der Waals surface area contributed by atoms with E-state index < -0.39 is 0 Å². The Bertz CT molecular complexity index is 431. The summed E-state index contributed by atoms with van der Waals surface area (Å²) in [6.45, 7) is 3.52. The topological polar surface area (TPSA) is 50.4 Å². The molecule has 5 heteroatoms. The van der Waals surface area contributed by atoms with E-state index in [2.05, 4.69) is 10.6 Å². The number of piperidine rings is 1. The van der Waals surface area contributed by atoms with Crippen molar-refractivity contribution in [2.24, 2.45) is 5.41 Å². The van der Waals surface area contributed by atoms with Gasteiger partial charge in [-0.05, 0) is 55.6 Å². The standard InChI is InChI=1S/C15H22N2O2S/c18-14(17-10-12-2-1-9-20-12)13-3-4-15(11-19-13)5-7-16-8-6-15/h1-2,9,13,16H,3-8,10-11H2,(H,17,18)/t13-/m0/s1. The SMILES string of the molecule is O=C(NCc1cccs1)[C@@H]1CCC2(CCNCC2)CO1. The summed E-state index contributed by atoms with van der Waals surface area (Å²) < 4.78 is 5.87. The average Bonchev–Trinajstić information content (AvgIpc) is 3.00. The Labute approximate surface area is 123 Å². The van der Waals surface area contributed by atoms with Gasteiger partial charge in [-0.1, -0.05) is 6.07 Å². The summed E-state index contributed by atoms with van der Waals surface area (Å²) in [6, 6.07) is 4.04. The minimum Gasteiger partial charge on any atom is -0.368 e. The Balaban J connectivity index is 1.46. The molecule has 0 unspecified atom stereocenters. The van der Waals surface area contributed by atoms with E-state index >= 15 is 0 Å². The van der Waals surface area contributed by atoms with Crippen molar-refractivity contribution in [2.75, 3.05) is 19.7 Å². The van der Waals surface area contributed by atoms with E-state index in [1.807, 2.05) is 17.5 Å². The summed E-state index contributed by atoms with van der Waals surface area (Å²) in [5, 5.41) is 8.40. The third kappa shape index (κ3) is 3.22. The van der Waals surface area contributed by atoms with Crippen LogP contribution in [-0.4, -0.2) is 31.7 Å². The predicted molar refractivity (Wildman–Crippen MR) is 79.7 cm³/mol. The van der Waals surface area contributed by atoms with Crippen LogP contribution in [-0.2, 0) is 16.1 Å². The Hall–Kier alpha value is -0.910. The van der Waals surface area contributed by atoms with Crippen molar-refractivity contribution in [1.29, 1.82) is 0 Å². The van der Waals surface area contributed by atoms with Crippen molar-refractivity contribution in [1.82, 2.24) is 10.6 Å². The number of thiophene rings is 1. The molecule has 1 aromatic heterocycles. The van der Waals surface area contributed by atoms with Crippen LogP contribution in [0.25, 0.3) is 0 Å². The Kier molecular flexibility index (Phi) is 4.38. The quantitative estimate of drug-likeness (QED) is 0.895. The van der Waals surface area contributed by atoms with E-state index in [0.717, 1.165) is 32.5 Å². The average molecular weight is 294 g/mol. The molecule has 0 bridgehead atoms.